The van der Waals surface area contributed by atoms with Gasteiger partial charge in [0, 0.05) is 58.6 Å². The van der Waals surface area contributed by atoms with E-state index in [0.29, 0.717) is 52.5 Å². The largest absolute Gasteiger partial charge is 0.434 e. The first-order valence-corrected chi connectivity index (χ1v) is 11.6. The molecule has 0 aromatic rings. The van der Waals surface area contributed by atoms with E-state index >= 15 is 0 Å². The molecule has 0 aliphatic carbocycles. The quantitative estimate of drug-likeness (QED) is 0.402. The number of likely N-dealkylation sites (tertiary alicyclic amines) is 2. The smallest absolute Gasteiger partial charge is 0.426 e. The van der Waals surface area contributed by atoms with Crippen LogP contribution >= 0.6 is 0 Å². The van der Waals surface area contributed by atoms with Crippen molar-refractivity contribution < 1.29 is 45.4 Å². The lowest BCUT2D eigenvalue weighted by molar-refractivity contribution is -0.308. The van der Waals surface area contributed by atoms with Gasteiger partial charge < -0.3 is 29.6 Å². The van der Waals surface area contributed by atoms with Gasteiger partial charge in [-0.05, 0) is 18.8 Å². The number of carbonyl (C=O) groups excluding carboxylic acids is 2. The Hall–Kier alpha value is -2.42. The van der Waals surface area contributed by atoms with Crippen LogP contribution in [-0.2, 0) is 14.3 Å². The predicted molar refractivity (Wildman–Crippen MR) is 115 cm³/mol. The fourth-order valence-corrected chi connectivity index (χ4v) is 4.82. The van der Waals surface area contributed by atoms with Crippen LogP contribution in [0.4, 0.5) is 31.1 Å². The second-order valence-electron chi connectivity index (χ2n) is 9.03. The van der Waals surface area contributed by atoms with Gasteiger partial charge in [0.1, 0.15) is 5.71 Å². The Morgan fingerprint density at radius 2 is 1.58 bits per heavy atom. The average molecular weight is 529 g/mol. The molecular formula is C21H29F6N5O4. The van der Waals surface area contributed by atoms with Crippen LogP contribution in [0.3, 0.4) is 0 Å². The highest BCUT2D eigenvalue weighted by atomic mass is 19.4. The van der Waals surface area contributed by atoms with Gasteiger partial charge in [-0.1, -0.05) is 0 Å². The first-order chi connectivity index (χ1) is 16.8. The second kappa shape index (κ2) is 11.3. The number of morpholine rings is 1. The minimum Gasteiger partial charge on any atom is -0.426 e. The van der Waals surface area contributed by atoms with Crippen molar-refractivity contribution in [1.29, 1.82) is 5.41 Å². The van der Waals surface area contributed by atoms with Crippen molar-refractivity contribution in [2.45, 2.75) is 25.4 Å². The Kier molecular flexibility index (Phi) is 8.85. The van der Waals surface area contributed by atoms with Crippen LogP contribution in [0.1, 0.15) is 6.92 Å². The van der Waals surface area contributed by atoms with Crippen molar-refractivity contribution in [2.24, 2.45) is 22.7 Å². The molecule has 0 aromatic carbocycles. The van der Waals surface area contributed by atoms with Gasteiger partial charge >= 0.3 is 18.4 Å². The fraction of sp³-hybridized carbons (Fsp3) is 0.810. The van der Waals surface area contributed by atoms with E-state index < -0.39 is 30.5 Å². The van der Waals surface area contributed by atoms with Crippen molar-refractivity contribution in [1.82, 2.24) is 14.7 Å². The van der Waals surface area contributed by atoms with Gasteiger partial charge in [-0.15, -0.1) is 0 Å². The third kappa shape index (κ3) is 6.66. The molecule has 2 amide bonds. The third-order valence-electron chi connectivity index (χ3n) is 6.49. The maximum Gasteiger partial charge on any atom is 0.434 e. The van der Waals surface area contributed by atoms with Crippen molar-refractivity contribution in [3.8, 4) is 0 Å². The number of hydrogen-bond donors (Lipinski definition) is 1. The molecule has 3 aliphatic rings. The summed E-state index contributed by atoms with van der Waals surface area (Å²) in [7, 11) is 0. The summed E-state index contributed by atoms with van der Waals surface area (Å²) in [6.07, 6.45) is -16.2. The number of hydrogen-bond acceptors (Lipinski definition) is 7. The summed E-state index contributed by atoms with van der Waals surface area (Å²) < 4.78 is 85.4. The standard InChI is InChI=1S/C21H29F6N5O4/c1-2-29-16(17(33)31-3-5-35-6-4-31)13(7-28)8-30-9-14-11-32(12-15(14)10-30)19(34)36-18(20(22,23)24)21(25,26)27/h7,13-15,18,28H,2-6,8-12H2,1H3. The summed E-state index contributed by atoms with van der Waals surface area (Å²) in [6, 6.07) is 0. The number of halogens is 6. The molecule has 3 saturated heterocycles. The van der Waals surface area contributed by atoms with Crippen LogP contribution in [-0.4, -0.2) is 123 Å². The number of ether oxygens (including phenoxy) is 2. The van der Waals surface area contributed by atoms with E-state index in [1.54, 1.807) is 11.8 Å². The van der Waals surface area contributed by atoms with Gasteiger partial charge in [0.05, 0.1) is 19.1 Å². The average Bonchev–Trinajstić information content (AvgIpc) is 3.37. The highest BCUT2D eigenvalue weighted by Crippen LogP contribution is 2.37. The van der Waals surface area contributed by atoms with Crippen molar-refractivity contribution in [2.75, 3.05) is 65.6 Å². The molecule has 1 N–H and O–H groups in total. The molecule has 204 valence electrons. The summed E-state index contributed by atoms with van der Waals surface area (Å²) in [4.78, 5) is 33.9. The first-order valence-electron chi connectivity index (χ1n) is 11.6. The summed E-state index contributed by atoms with van der Waals surface area (Å²) in [5, 5.41) is 7.87. The number of amides is 2. The molecule has 0 aromatic heterocycles. The highest BCUT2D eigenvalue weighted by molar-refractivity contribution is 6.42. The van der Waals surface area contributed by atoms with E-state index in [9.17, 15) is 35.9 Å². The SMILES string of the molecule is CCN=C(C(=O)N1CCOCC1)C(C=N)CN1CC2CN(C(=O)OC(C(F)(F)F)C(F)(F)F)CC2C1. The minimum absolute atomic E-state index is 0.0414. The molecule has 3 fully saturated rings. The molecule has 9 nitrogen and oxygen atoms in total. The molecule has 0 radical (unpaired) electrons. The third-order valence-corrected chi connectivity index (χ3v) is 6.49. The van der Waals surface area contributed by atoms with Crippen LogP contribution < -0.4 is 0 Å². The van der Waals surface area contributed by atoms with Crippen LogP contribution in [0.25, 0.3) is 0 Å². The Labute approximate surface area is 203 Å². The van der Waals surface area contributed by atoms with Gasteiger partial charge in [-0.25, -0.2) is 4.79 Å². The van der Waals surface area contributed by atoms with E-state index in [-0.39, 0.29) is 36.5 Å². The van der Waals surface area contributed by atoms with Crippen molar-refractivity contribution >= 4 is 23.9 Å². The molecule has 3 aliphatic heterocycles. The van der Waals surface area contributed by atoms with Crippen LogP contribution in [0.2, 0.25) is 0 Å². The monoisotopic (exact) mass is 529 g/mol. The number of nitrogens with zero attached hydrogens (tertiary/aromatic N) is 4. The van der Waals surface area contributed by atoms with Crippen LogP contribution in [0, 0.1) is 23.2 Å². The molecule has 36 heavy (non-hydrogen) atoms. The van der Waals surface area contributed by atoms with Gasteiger partial charge in [-0.2, -0.15) is 26.3 Å². The lowest BCUT2D eigenvalue weighted by atomic mass is 10.0. The minimum atomic E-state index is -5.77. The number of fused-ring (bicyclic) bond motifs is 1. The molecule has 0 spiro atoms. The van der Waals surface area contributed by atoms with Gasteiger partial charge in [0.2, 0.25) is 0 Å². The molecule has 3 rings (SSSR count). The maximum atomic E-state index is 13.0. The van der Waals surface area contributed by atoms with E-state index in [2.05, 4.69) is 9.73 Å². The molecule has 3 atom stereocenters. The van der Waals surface area contributed by atoms with Crippen molar-refractivity contribution in [3.63, 3.8) is 0 Å². The van der Waals surface area contributed by atoms with Crippen LogP contribution in [0.5, 0.6) is 0 Å². The summed E-state index contributed by atoms with van der Waals surface area (Å²) in [5.74, 6) is -1.20. The topological polar surface area (TPSA) is 98.5 Å². The Bertz CT molecular complexity index is 818. The summed E-state index contributed by atoms with van der Waals surface area (Å²) in [6.45, 7) is 4.87. The Morgan fingerprint density at radius 1 is 1.03 bits per heavy atom. The number of aliphatic imine (C=N–C) groups is 1. The second-order valence-corrected chi connectivity index (χ2v) is 9.03. The molecule has 0 bridgehead atoms. The molecule has 3 unspecified atom stereocenters. The lowest BCUT2D eigenvalue weighted by Gasteiger charge is -2.30. The number of rotatable bonds is 7. The fourth-order valence-electron chi connectivity index (χ4n) is 4.82. The number of alkyl halides is 6. The zero-order chi connectivity index (χ0) is 26.7. The number of nitrogens with one attached hydrogen (secondary N) is 1. The van der Waals surface area contributed by atoms with Gasteiger partial charge in [0.15, 0.2) is 0 Å². The van der Waals surface area contributed by atoms with E-state index in [1.165, 1.54) is 0 Å². The lowest BCUT2D eigenvalue weighted by Crippen LogP contribution is -2.48. The van der Waals surface area contributed by atoms with E-state index in [4.69, 9.17) is 10.1 Å². The zero-order valence-electron chi connectivity index (χ0n) is 19.6. The first kappa shape index (κ1) is 28.2. The van der Waals surface area contributed by atoms with Gasteiger partial charge in [0.25, 0.3) is 12.0 Å². The summed E-state index contributed by atoms with van der Waals surface area (Å²) >= 11 is 0. The predicted octanol–water partition coefficient (Wildman–Crippen LogP) is 2.07. The molecule has 15 heteroatoms. The summed E-state index contributed by atoms with van der Waals surface area (Å²) in [5.41, 5.74) is 0.266. The molecule has 0 saturated carbocycles. The Balaban J connectivity index is 1.57. The number of carbonyl (C=O) groups is 2. The molecular weight excluding hydrogens is 500 g/mol. The van der Waals surface area contributed by atoms with Gasteiger partial charge in [-0.3, -0.25) is 9.79 Å². The van der Waals surface area contributed by atoms with E-state index in [0.717, 1.165) is 11.1 Å². The zero-order valence-corrected chi connectivity index (χ0v) is 19.6. The van der Waals surface area contributed by atoms with Crippen molar-refractivity contribution in [3.05, 3.63) is 0 Å². The molecule has 3 heterocycles. The Morgan fingerprint density at radius 3 is 2.06 bits per heavy atom. The highest BCUT2D eigenvalue weighted by Gasteiger charge is 2.60. The normalized spacial score (nSPS) is 24.7. The van der Waals surface area contributed by atoms with Crippen LogP contribution in [0.15, 0.2) is 4.99 Å². The van der Waals surface area contributed by atoms with E-state index in [1.807, 2.05) is 4.90 Å². The maximum absolute atomic E-state index is 13.0.